The average molecular weight is 251 g/mol. The topological polar surface area (TPSA) is 9.23 Å². The van der Waals surface area contributed by atoms with Crippen molar-refractivity contribution in [3.8, 4) is 0 Å². The summed E-state index contributed by atoms with van der Waals surface area (Å²) in [5.74, 6) is 0. The number of allylic oxidation sites excluding steroid dienone is 1. The van der Waals surface area contributed by atoms with E-state index in [0.717, 1.165) is 5.33 Å². The van der Waals surface area contributed by atoms with E-state index in [1.165, 1.54) is 0 Å². The first kappa shape index (κ1) is 12.2. The fourth-order valence-electron chi connectivity index (χ4n) is 0.431. The molecule has 0 aliphatic carbocycles. The highest BCUT2D eigenvalue weighted by molar-refractivity contribution is 9.09. The molecule has 0 aliphatic heterocycles. The Morgan fingerprint density at radius 3 is 2.17 bits per heavy atom. The normalized spacial score (nSPS) is 13.8. The van der Waals surface area contributed by atoms with Crippen LogP contribution in [-0.4, -0.2) is 13.6 Å². The summed E-state index contributed by atoms with van der Waals surface area (Å²) in [6.07, 6.45) is 3.81. The second kappa shape index (κ2) is 4.47. The molecule has 0 N–H and O–H groups in total. The van der Waals surface area contributed by atoms with Crippen molar-refractivity contribution in [3.05, 3.63) is 12.3 Å². The second-order valence-corrected chi connectivity index (χ2v) is 9.81. The van der Waals surface area contributed by atoms with Crippen LogP contribution in [0.5, 0.6) is 0 Å². The van der Waals surface area contributed by atoms with E-state index in [-0.39, 0.29) is 0 Å². The van der Waals surface area contributed by atoms with Gasteiger partial charge in [-0.1, -0.05) is 36.7 Å². The monoisotopic (exact) mass is 250 g/mol. The minimum atomic E-state index is -1.55. The van der Waals surface area contributed by atoms with Gasteiger partial charge in [0.05, 0.1) is 6.26 Å². The zero-order chi connectivity index (χ0) is 9.83. The van der Waals surface area contributed by atoms with Gasteiger partial charge >= 0.3 is 0 Å². The average Bonchev–Trinajstić information content (AvgIpc) is 1.85. The zero-order valence-corrected chi connectivity index (χ0v) is 11.2. The summed E-state index contributed by atoms with van der Waals surface area (Å²) in [6.45, 7) is 11.2. The first-order valence-corrected chi connectivity index (χ1v) is 8.23. The molecular formula is C9H19BrOSi. The lowest BCUT2D eigenvalue weighted by molar-refractivity contribution is 0.429. The van der Waals surface area contributed by atoms with Gasteiger partial charge in [0, 0.05) is 5.33 Å². The van der Waals surface area contributed by atoms with Crippen molar-refractivity contribution >= 4 is 24.2 Å². The van der Waals surface area contributed by atoms with Gasteiger partial charge in [0.15, 0.2) is 0 Å². The maximum Gasteiger partial charge on any atom is 0.249 e. The minimum Gasteiger partial charge on any atom is -0.549 e. The molecule has 0 bridgehead atoms. The van der Waals surface area contributed by atoms with Gasteiger partial charge in [-0.3, -0.25) is 0 Å². The highest BCUT2D eigenvalue weighted by Crippen LogP contribution is 2.36. The van der Waals surface area contributed by atoms with Crippen molar-refractivity contribution < 1.29 is 4.43 Å². The van der Waals surface area contributed by atoms with E-state index in [4.69, 9.17) is 4.43 Å². The van der Waals surface area contributed by atoms with Gasteiger partial charge in [0.2, 0.25) is 8.32 Å². The first-order valence-electron chi connectivity index (χ1n) is 4.20. The van der Waals surface area contributed by atoms with E-state index >= 15 is 0 Å². The van der Waals surface area contributed by atoms with Gasteiger partial charge in [-0.2, -0.15) is 0 Å². The summed E-state index contributed by atoms with van der Waals surface area (Å²) in [6, 6.07) is 0. The highest BCUT2D eigenvalue weighted by atomic mass is 79.9. The van der Waals surface area contributed by atoms with Crippen LogP contribution >= 0.6 is 15.9 Å². The molecule has 0 atom stereocenters. The number of hydrogen-bond donors (Lipinski definition) is 0. The fraction of sp³-hybridized carbons (Fsp3) is 0.778. The highest BCUT2D eigenvalue weighted by Gasteiger charge is 2.37. The maximum atomic E-state index is 5.76. The Labute approximate surface area is 85.5 Å². The van der Waals surface area contributed by atoms with Gasteiger partial charge in [-0.05, 0) is 24.2 Å². The Morgan fingerprint density at radius 1 is 1.33 bits per heavy atom. The Hall–Kier alpha value is 0.237. The third-order valence-electron chi connectivity index (χ3n) is 2.35. The molecule has 0 radical (unpaired) electrons. The van der Waals surface area contributed by atoms with E-state index < -0.39 is 8.32 Å². The molecule has 0 saturated carbocycles. The molecule has 12 heavy (non-hydrogen) atoms. The van der Waals surface area contributed by atoms with Crippen LogP contribution in [0.2, 0.25) is 18.1 Å². The molecular weight excluding hydrogens is 232 g/mol. The van der Waals surface area contributed by atoms with E-state index in [1.807, 2.05) is 12.3 Å². The SMILES string of the molecule is CC(C)(C)[Si](C)(C)O/C=C/CBr. The minimum absolute atomic E-state index is 0.295. The van der Waals surface area contributed by atoms with Crippen LogP contribution in [0.15, 0.2) is 12.3 Å². The van der Waals surface area contributed by atoms with E-state index in [9.17, 15) is 0 Å². The molecule has 0 aliphatic rings. The Bertz CT molecular complexity index is 158. The van der Waals surface area contributed by atoms with Crippen molar-refractivity contribution in [1.82, 2.24) is 0 Å². The maximum absolute atomic E-state index is 5.76. The van der Waals surface area contributed by atoms with Gasteiger partial charge in [0.1, 0.15) is 0 Å². The van der Waals surface area contributed by atoms with Crippen LogP contribution in [0, 0.1) is 0 Å². The Kier molecular flexibility index (Phi) is 4.55. The standard InChI is InChI=1S/C9H19BrOSi/c1-9(2,3)12(4,5)11-8-6-7-10/h6,8H,7H2,1-5H3/b8-6+. The summed E-state index contributed by atoms with van der Waals surface area (Å²) in [4.78, 5) is 0. The molecule has 1 nitrogen and oxygen atoms in total. The van der Waals surface area contributed by atoms with Gasteiger partial charge in [-0.15, -0.1) is 0 Å². The molecule has 3 heteroatoms. The summed E-state index contributed by atoms with van der Waals surface area (Å²) in [7, 11) is -1.55. The molecule has 0 saturated heterocycles. The quantitative estimate of drug-likeness (QED) is 0.419. The van der Waals surface area contributed by atoms with Crippen LogP contribution < -0.4 is 0 Å². The lowest BCUT2D eigenvalue weighted by Crippen LogP contribution is -2.39. The first-order chi connectivity index (χ1) is 5.31. The van der Waals surface area contributed by atoms with Crippen LogP contribution in [0.3, 0.4) is 0 Å². The predicted molar refractivity (Wildman–Crippen MR) is 61.2 cm³/mol. The molecule has 0 rings (SSSR count). The summed E-state index contributed by atoms with van der Waals surface area (Å²) < 4.78 is 5.76. The molecule has 0 aromatic heterocycles. The Morgan fingerprint density at radius 2 is 1.83 bits per heavy atom. The molecule has 72 valence electrons. The van der Waals surface area contributed by atoms with E-state index in [0.29, 0.717) is 5.04 Å². The number of rotatable bonds is 3. The summed E-state index contributed by atoms with van der Waals surface area (Å²) >= 11 is 3.32. The fourth-order valence-corrected chi connectivity index (χ4v) is 1.37. The summed E-state index contributed by atoms with van der Waals surface area (Å²) in [5.41, 5.74) is 0. The van der Waals surface area contributed by atoms with Crippen molar-refractivity contribution in [2.24, 2.45) is 0 Å². The van der Waals surface area contributed by atoms with Crippen LogP contribution in [0.1, 0.15) is 20.8 Å². The lowest BCUT2D eigenvalue weighted by Gasteiger charge is -2.34. The molecule has 0 aromatic rings. The largest absolute Gasteiger partial charge is 0.549 e. The van der Waals surface area contributed by atoms with Crippen molar-refractivity contribution in [3.63, 3.8) is 0 Å². The third-order valence-corrected chi connectivity index (χ3v) is 7.07. The van der Waals surface area contributed by atoms with E-state index in [1.54, 1.807) is 0 Å². The molecule has 0 unspecified atom stereocenters. The van der Waals surface area contributed by atoms with Gasteiger partial charge in [0.25, 0.3) is 0 Å². The molecule has 0 spiro atoms. The van der Waals surface area contributed by atoms with Crippen molar-refractivity contribution in [1.29, 1.82) is 0 Å². The molecule has 0 amide bonds. The lowest BCUT2D eigenvalue weighted by atomic mass is 10.2. The van der Waals surface area contributed by atoms with Gasteiger partial charge < -0.3 is 4.43 Å². The summed E-state index contributed by atoms with van der Waals surface area (Å²) in [5, 5.41) is 1.16. The zero-order valence-electron chi connectivity index (χ0n) is 8.65. The third kappa shape index (κ3) is 3.76. The molecule has 0 aromatic carbocycles. The number of alkyl halides is 1. The van der Waals surface area contributed by atoms with Crippen molar-refractivity contribution in [2.45, 2.75) is 38.9 Å². The number of hydrogen-bond acceptors (Lipinski definition) is 1. The Balaban J connectivity index is 4.14. The van der Waals surface area contributed by atoms with E-state index in [2.05, 4.69) is 49.8 Å². The molecule has 0 fully saturated rings. The second-order valence-electron chi connectivity index (χ2n) is 4.40. The van der Waals surface area contributed by atoms with Crippen LogP contribution in [0.4, 0.5) is 0 Å². The number of halogens is 1. The molecule has 0 heterocycles. The van der Waals surface area contributed by atoms with Crippen LogP contribution in [-0.2, 0) is 4.43 Å². The van der Waals surface area contributed by atoms with Crippen molar-refractivity contribution in [2.75, 3.05) is 5.33 Å². The van der Waals surface area contributed by atoms with Gasteiger partial charge in [-0.25, -0.2) is 0 Å². The van der Waals surface area contributed by atoms with Crippen LogP contribution in [0.25, 0.3) is 0 Å². The predicted octanol–water partition coefficient (Wildman–Crippen LogP) is 3.92. The smallest absolute Gasteiger partial charge is 0.249 e.